The molecule has 0 bridgehead atoms. The first-order valence-corrected chi connectivity index (χ1v) is 7.81. The van der Waals surface area contributed by atoms with Gasteiger partial charge in [-0.3, -0.25) is 9.59 Å². The number of anilines is 1. The average Bonchev–Trinajstić information content (AvgIpc) is 3.15. The van der Waals surface area contributed by atoms with Crippen LogP contribution in [0.4, 0.5) is 5.69 Å². The number of methoxy groups -OCH3 is 1. The summed E-state index contributed by atoms with van der Waals surface area (Å²) < 4.78 is 6.87. The minimum absolute atomic E-state index is 0.0734. The largest absolute Gasteiger partial charge is 0.497 e. The molecule has 0 aliphatic carbocycles. The summed E-state index contributed by atoms with van der Waals surface area (Å²) in [7, 11) is 1.60. The molecule has 2 amide bonds. The van der Waals surface area contributed by atoms with Gasteiger partial charge in [-0.1, -0.05) is 0 Å². The number of rotatable bonds is 4. The second-order valence-corrected chi connectivity index (χ2v) is 5.69. The summed E-state index contributed by atoms with van der Waals surface area (Å²) >= 11 is 0. The molecule has 0 unspecified atom stereocenters. The Morgan fingerprint density at radius 1 is 1.25 bits per heavy atom. The Hall–Kier alpha value is -2.83. The highest BCUT2D eigenvalue weighted by atomic mass is 16.5. The smallest absolute Gasteiger partial charge is 0.246 e. The number of ether oxygens (including phenoxy) is 1. The zero-order valence-corrected chi connectivity index (χ0v) is 13.8. The Morgan fingerprint density at radius 3 is 2.58 bits per heavy atom. The van der Waals surface area contributed by atoms with Crippen LogP contribution in [0.2, 0.25) is 0 Å². The number of carbonyl (C=O) groups excluding carboxylic acids is 2. The van der Waals surface area contributed by atoms with Crippen LogP contribution in [0, 0.1) is 0 Å². The maximum atomic E-state index is 12.6. The van der Waals surface area contributed by atoms with Gasteiger partial charge in [0.15, 0.2) is 0 Å². The lowest BCUT2D eigenvalue weighted by atomic mass is 10.2. The Morgan fingerprint density at radius 2 is 2.00 bits per heavy atom. The summed E-state index contributed by atoms with van der Waals surface area (Å²) in [5.74, 6) is 0.586. The first kappa shape index (κ1) is 16.0. The lowest BCUT2D eigenvalue weighted by Gasteiger charge is -2.35. The fourth-order valence-corrected chi connectivity index (χ4v) is 2.79. The Kier molecular flexibility index (Phi) is 4.50. The van der Waals surface area contributed by atoms with Gasteiger partial charge in [0.25, 0.3) is 0 Å². The van der Waals surface area contributed by atoms with Gasteiger partial charge < -0.3 is 19.1 Å². The van der Waals surface area contributed by atoms with Crippen LogP contribution in [-0.2, 0) is 9.59 Å². The summed E-state index contributed by atoms with van der Waals surface area (Å²) in [4.78, 5) is 32.3. The molecule has 0 saturated carbocycles. The van der Waals surface area contributed by atoms with E-state index in [4.69, 9.17) is 4.74 Å². The predicted molar refractivity (Wildman–Crippen MR) is 88.9 cm³/mol. The van der Waals surface area contributed by atoms with Gasteiger partial charge in [-0.15, -0.1) is 0 Å². The second-order valence-electron chi connectivity index (χ2n) is 5.69. The van der Waals surface area contributed by atoms with E-state index in [-0.39, 0.29) is 24.4 Å². The number of piperazine rings is 1. The Labute approximate surface area is 140 Å². The fourth-order valence-electron chi connectivity index (χ4n) is 2.79. The van der Waals surface area contributed by atoms with Crippen LogP contribution in [0.25, 0.3) is 0 Å². The molecule has 1 fully saturated rings. The summed E-state index contributed by atoms with van der Waals surface area (Å²) in [5.41, 5.74) is 0.815. The molecule has 1 aromatic heterocycles. The maximum Gasteiger partial charge on any atom is 0.246 e. The van der Waals surface area contributed by atoms with Gasteiger partial charge in [0.1, 0.15) is 18.3 Å². The molecule has 1 saturated heterocycles. The highest BCUT2D eigenvalue weighted by molar-refractivity contribution is 5.98. The number of nitrogens with zero attached hydrogens (tertiary/aromatic N) is 4. The minimum Gasteiger partial charge on any atom is -0.497 e. The molecule has 1 atom stereocenters. The second kappa shape index (κ2) is 6.74. The topological polar surface area (TPSA) is 67.7 Å². The van der Waals surface area contributed by atoms with E-state index in [1.807, 2.05) is 31.2 Å². The van der Waals surface area contributed by atoms with Crippen LogP contribution < -0.4 is 9.64 Å². The van der Waals surface area contributed by atoms with Gasteiger partial charge in [-0.05, 0) is 31.2 Å². The first-order chi connectivity index (χ1) is 11.6. The molecule has 1 aliphatic heterocycles. The van der Waals surface area contributed by atoms with Gasteiger partial charge in [-0.2, -0.15) is 0 Å². The van der Waals surface area contributed by atoms with E-state index in [0.29, 0.717) is 13.1 Å². The monoisotopic (exact) mass is 328 g/mol. The third kappa shape index (κ3) is 3.10. The average molecular weight is 328 g/mol. The lowest BCUT2D eigenvalue weighted by molar-refractivity contribution is -0.139. The normalized spacial score (nSPS) is 16.2. The molecule has 1 aliphatic rings. The quantitative estimate of drug-likeness (QED) is 0.849. The number of aromatic nitrogens is 2. The summed E-state index contributed by atoms with van der Waals surface area (Å²) in [6.07, 6.45) is 4.99. The number of imidazole rings is 1. The zero-order chi connectivity index (χ0) is 17.1. The van der Waals surface area contributed by atoms with E-state index in [1.165, 1.54) is 0 Å². The number of amides is 2. The molecular weight excluding hydrogens is 308 g/mol. The van der Waals surface area contributed by atoms with Gasteiger partial charge >= 0.3 is 0 Å². The van der Waals surface area contributed by atoms with Crippen LogP contribution in [0.15, 0.2) is 43.0 Å². The first-order valence-electron chi connectivity index (χ1n) is 7.81. The van der Waals surface area contributed by atoms with Crippen LogP contribution in [0.1, 0.15) is 13.0 Å². The minimum atomic E-state index is -0.368. The van der Waals surface area contributed by atoms with Crippen molar-refractivity contribution < 1.29 is 14.3 Å². The fraction of sp³-hybridized carbons (Fsp3) is 0.353. The Bertz CT molecular complexity index is 712. The van der Waals surface area contributed by atoms with Gasteiger partial charge in [0.05, 0.1) is 13.4 Å². The molecule has 7 nitrogen and oxygen atoms in total. The number of hydrogen-bond donors (Lipinski definition) is 0. The van der Waals surface area contributed by atoms with Crippen molar-refractivity contribution >= 4 is 17.5 Å². The van der Waals surface area contributed by atoms with E-state index >= 15 is 0 Å². The van der Waals surface area contributed by atoms with Gasteiger partial charge in [0.2, 0.25) is 11.8 Å². The molecule has 1 aromatic carbocycles. The molecule has 0 radical (unpaired) electrons. The molecule has 2 aromatic rings. The van der Waals surface area contributed by atoms with E-state index < -0.39 is 0 Å². The molecule has 126 valence electrons. The van der Waals surface area contributed by atoms with Gasteiger partial charge in [-0.25, -0.2) is 4.98 Å². The molecule has 0 spiro atoms. The van der Waals surface area contributed by atoms with Crippen molar-refractivity contribution in [2.75, 3.05) is 31.6 Å². The van der Waals surface area contributed by atoms with E-state index in [0.717, 1.165) is 11.4 Å². The lowest BCUT2D eigenvalue weighted by Crippen LogP contribution is -2.53. The van der Waals surface area contributed by atoms with Crippen molar-refractivity contribution in [1.82, 2.24) is 14.5 Å². The van der Waals surface area contributed by atoms with Crippen LogP contribution >= 0.6 is 0 Å². The van der Waals surface area contributed by atoms with Crippen LogP contribution in [-0.4, -0.2) is 53.0 Å². The highest BCUT2D eigenvalue weighted by Crippen LogP contribution is 2.22. The molecular formula is C17H20N4O3. The summed E-state index contributed by atoms with van der Waals surface area (Å²) in [6.45, 7) is 2.89. The van der Waals surface area contributed by atoms with E-state index in [1.54, 1.807) is 40.2 Å². The number of benzene rings is 1. The van der Waals surface area contributed by atoms with Crippen LogP contribution in [0.3, 0.4) is 0 Å². The van der Waals surface area contributed by atoms with Crippen molar-refractivity contribution in [2.24, 2.45) is 0 Å². The SMILES string of the molecule is COc1ccc(N2CCN(C(=O)[C@@H](C)n3ccnc3)CC2=O)cc1. The third-order valence-electron chi connectivity index (χ3n) is 4.25. The number of carbonyl (C=O) groups is 2. The van der Waals surface area contributed by atoms with Crippen molar-refractivity contribution in [3.63, 3.8) is 0 Å². The molecule has 2 heterocycles. The Balaban J connectivity index is 1.66. The summed E-state index contributed by atoms with van der Waals surface area (Å²) in [6, 6.07) is 6.97. The molecule has 7 heteroatoms. The van der Waals surface area contributed by atoms with E-state index in [9.17, 15) is 9.59 Å². The molecule has 0 N–H and O–H groups in total. The summed E-state index contributed by atoms with van der Waals surface area (Å²) in [5, 5.41) is 0. The number of hydrogen-bond acceptors (Lipinski definition) is 4. The molecule has 3 rings (SSSR count). The van der Waals surface area contributed by atoms with Crippen molar-refractivity contribution in [1.29, 1.82) is 0 Å². The van der Waals surface area contributed by atoms with Crippen molar-refractivity contribution in [3.05, 3.63) is 43.0 Å². The standard InChI is InChI=1S/C17H20N4O3/c1-13(20-8-7-18-12-20)17(23)19-9-10-21(16(22)11-19)14-3-5-15(24-2)6-4-14/h3-8,12-13H,9-11H2,1-2H3/t13-/m1/s1. The van der Waals surface area contributed by atoms with Crippen molar-refractivity contribution in [3.8, 4) is 5.75 Å². The zero-order valence-electron chi connectivity index (χ0n) is 13.8. The van der Waals surface area contributed by atoms with Crippen LogP contribution in [0.5, 0.6) is 5.75 Å². The predicted octanol–water partition coefficient (Wildman–Crippen LogP) is 1.33. The van der Waals surface area contributed by atoms with E-state index in [2.05, 4.69) is 4.98 Å². The highest BCUT2D eigenvalue weighted by Gasteiger charge is 2.30. The van der Waals surface area contributed by atoms with Gasteiger partial charge in [0, 0.05) is 31.2 Å². The molecule has 24 heavy (non-hydrogen) atoms. The van der Waals surface area contributed by atoms with Crippen molar-refractivity contribution in [2.45, 2.75) is 13.0 Å². The maximum absolute atomic E-state index is 12.6. The third-order valence-corrected chi connectivity index (χ3v) is 4.25.